The van der Waals surface area contributed by atoms with Crippen molar-refractivity contribution in [3.8, 4) is 28.5 Å². The largest absolute Gasteiger partial charge is 0.497 e. The highest BCUT2D eigenvalue weighted by Crippen LogP contribution is 2.36. The molecule has 3 aromatic rings. The first-order valence-electron chi connectivity index (χ1n) is 8.50. The van der Waals surface area contributed by atoms with Gasteiger partial charge < -0.3 is 25.3 Å². The van der Waals surface area contributed by atoms with Gasteiger partial charge in [0.05, 0.1) is 27.0 Å². The summed E-state index contributed by atoms with van der Waals surface area (Å²) < 4.78 is 16.4. The summed E-state index contributed by atoms with van der Waals surface area (Å²) in [6.07, 6.45) is 0. The number of hydrogen-bond acceptors (Lipinski definition) is 6. The molecule has 0 aliphatic heterocycles. The molecule has 0 spiro atoms. The average molecular weight is 365 g/mol. The van der Waals surface area contributed by atoms with Gasteiger partial charge in [-0.05, 0) is 48.5 Å². The Kier molecular flexibility index (Phi) is 5.66. The number of anilines is 2. The molecule has 1 aromatic heterocycles. The summed E-state index contributed by atoms with van der Waals surface area (Å²) in [5.41, 5.74) is 9.34. The van der Waals surface area contributed by atoms with Gasteiger partial charge in [-0.15, -0.1) is 0 Å². The van der Waals surface area contributed by atoms with Gasteiger partial charge in [0.25, 0.3) is 0 Å². The third kappa shape index (κ3) is 4.23. The smallest absolute Gasteiger partial charge is 0.128 e. The molecule has 0 saturated carbocycles. The Morgan fingerprint density at radius 1 is 0.889 bits per heavy atom. The zero-order valence-corrected chi connectivity index (χ0v) is 15.7. The summed E-state index contributed by atoms with van der Waals surface area (Å²) in [7, 11) is 4.93. The van der Waals surface area contributed by atoms with Crippen LogP contribution in [0.5, 0.6) is 17.2 Å². The molecule has 0 bridgehead atoms. The maximum atomic E-state index is 5.82. The second kappa shape index (κ2) is 8.31. The van der Waals surface area contributed by atoms with Crippen molar-refractivity contribution in [3.63, 3.8) is 0 Å². The topological polar surface area (TPSA) is 78.6 Å². The predicted octanol–water partition coefficient (Wildman–Crippen LogP) is 3.97. The molecule has 1 heterocycles. The number of rotatable bonds is 7. The van der Waals surface area contributed by atoms with Gasteiger partial charge >= 0.3 is 0 Å². The van der Waals surface area contributed by atoms with E-state index in [1.165, 1.54) is 0 Å². The molecule has 6 heteroatoms. The van der Waals surface area contributed by atoms with Crippen molar-refractivity contribution in [2.45, 2.75) is 6.54 Å². The number of hydrogen-bond donors (Lipinski definition) is 2. The first kappa shape index (κ1) is 18.4. The molecule has 6 nitrogen and oxygen atoms in total. The van der Waals surface area contributed by atoms with E-state index in [2.05, 4.69) is 10.3 Å². The Bertz CT molecular complexity index is 911. The lowest BCUT2D eigenvalue weighted by Gasteiger charge is -2.16. The van der Waals surface area contributed by atoms with Crippen LogP contribution in [0.25, 0.3) is 11.3 Å². The SMILES string of the molecule is COc1ccc(NCc2cc(OC)c(-c3cccc(N)n3)cc2OC)cc1. The fraction of sp³-hybridized carbons (Fsp3) is 0.190. The standard InChI is InChI=1S/C21H23N3O3/c1-25-16-9-7-15(8-10-16)23-13-14-11-20(27-3)17(12-19(14)26-2)18-5-4-6-21(22)24-18/h4-12,23H,13H2,1-3H3,(H2,22,24). The van der Waals surface area contributed by atoms with E-state index in [0.29, 0.717) is 18.1 Å². The quantitative estimate of drug-likeness (QED) is 0.660. The Hall–Kier alpha value is -3.41. The Labute approximate surface area is 158 Å². The monoisotopic (exact) mass is 365 g/mol. The van der Waals surface area contributed by atoms with E-state index in [1.54, 1.807) is 27.4 Å². The van der Waals surface area contributed by atoms with Crippen LogP contribution in [-0.4, -0.2) is 26.3 Å². The number of pyridine rings is 1. The van der Waals surface area contributed by atoms with Crippen molar-refractivity contribution in [2.24, 2.45) is 0 Å². The number of ether oxygens (including phenoxy) is 3. The molecular weight excluding hydrogens is 342 g/mol. The summed E-state index contributed by atoms with van der Waals surface area (Å²) in [6, 6.07) is 17.1. The molecule has 2 aromatic carbocycles. The van der Waals surface area contributed by atoms with Crippen LogP contribution in [0.3, 0.4) is 0 Å². The van der Waals surface area contributed by atoms with E-state index in [-0.39, 0.29) is 0 Å². The maximum absolute atomic E-state index is 5.82. The third-order valence-electron chi connectivity index (χ3n) is 4.22. The molecule has 0 amide bonds. The van der Waals surface area contributed by atoms with Crippen molar-refractivity contribution in [3.05, 3.63) is 60.2 Å². The van der Waals surface area contributed by atoms with E-state index in [4.69, 9.17) is 19.9 Å². The fourth-order valence-corrected chi connectivity index (χ4v) is 2.81. The number of nitrogen functional groups attached to an aromatic ring is 1. The van der Waals surface area contributed by atoms with Crippen LogP contribution in [0.15, 0.2) is 54.6 Å². The molecule has 3 N–H and O–H groups in total. The predicted molar refractivity (Wildman–Crippen MR) is 108 cm³/mol. The second-order valence-corrected chi connectivity index (χ2v) is 5.89. The molecule has 0 unspecified atom stereocenters. The van der Waals surface area contributed by atoms with Crippen molar-refractivity contribution < 1.29 is 14.2 Å². The lowest BCUT2D eigenvalue weighted by molar-refractivity contribution is 0.400. The highest BCUT2D eigenvalue weighted by molar-refractivity contribution is 5.71. The molecule has 0 saturated heterocycles. The highest BCUT2D eigenvalue weighted by Gasteiger charge is 2.14. The number of nitrogens with two attached hydrogens (primary N) is 1. The Morgan fingerprint density at radius 3 is 2.26 bits per heavy atom. The van der Waals surface area contributed by atoms with Crippen LogP contribution in [0.1, 0.15) is 5.56 Å². The molecule has 140 valence electrons. The van der Waals surface area contributed by atoms with Crippen LogP contribution in [0, 0.1) is 0 Å². The number of aromatic nitrogens is 1. The molecule has 0 aliphatic rings. The van der Waals surface area contributed by atoms with Gasteiger partial charge in [-0.3, -0.25) is 0 Å². The minimum absolute atomic E-state index is 0.457. The summed E-state index contributed by atoms with van der Waals surface area (Å²) in [6.45, 7) is 0.580. The summed E-state index contributed by atoms with van der Waals surface area (Å²) in [4.78, 5) is 4.38. The molecule has 0 radical (unpaired) electrons. The van der Waals surface area contributed by atoms with E-state index in [0.717, 1.165) is 34.0 Å². The summed E-state index contributed by atoms with van der Waals surface area (Å²) >= 11 is 0. The number of nitrogens with zero attached hydrogens (tertiary/aromatic N) is 1. The second-order valence-electron chi connectivity index (χ2n) is 5.89. The zero-order valence-electron chi connectivity index (χ0n) is 15.7. The molecule has 27 heavy (non-hydrogen) atoms. The zero-order chi connectivity index (χ0) is 19.2. The van der Waals surface area contributed by atoms with Crippen molar-refractivity contribution >= 4 is 11.5 Å². The van der Waals surface area contributed by atoms with Gasteiger partial charge in [-0.25, -0.2) is 4.98 Å². The summed E-state index contributed by atoms with van der Waals surface area (Å²) in [5, 5.41) is 3.38. The van der Waals surface area contributed by atoms with Crippen molar-refractivity contribution in [2.75, 3.05) is 32.4 Å². The van der Waals surface area contributed by atoms with Crippen molar-refractivity contribution in [1.82, 2.24) is 4.98 Å². The van der Waals surface area contributed by atoms with Gasteiger partial charge in [0.15, 0.2) is 0 Å². The normalized spacial score (nSPS) is 10.3. The Morgan fingerprint density at radius 2 is 1.63 bits per heavy atom. The van der Waals surface area contributed by atoms with Crippen LogP contribution >= 0.6 is 0 Å². The third-order valence-corrected chi connectivity index (χ3v) is 4.22. The van der Waals surface area contributed by atoms with Crippen LogP contribution in [0.2, 0.25) is 0 Å². The van der Waals surface area contributed by atoms with E-state index < -0.39 is 0 Å². The van der Waals surface area contributed by atoms with Gasteiger partial charge in [0.1, 0.15) is 23.1 Å². The minimum Gasteiger partial charge on any atom is -0.497 e. The minimum atomic E-state index is 0.457. The summed E-state index contributed by atoms with van der Waals surface area (Å²) in [5.74, 6) is 2.73. The van der Waals surface area contributed by atoms with E-state index in [9.17, 15) is 0 Å². The van der Waals surface area contributed by atoms with E-state index >= 15 is 0 Å². The van der Waals surface area contributed by atoms with Crippen LogP contribution < -0.4 is 25.3 Å². The lowest BCUT2D eigenvalue weighted by Crippen LogP contribution is -2.03. The molecular formula is C21H23N3O3. The number of benzene rings is 2. The van der Waals surface area contributed by atoms with Gasteiger partial charge in [0, 0.05) is 23.4 Å². The first-order valence-corrected chi connectivity index (χ1v) is 8.50. The molecule has 0 aliphatic carbocycles. The molecule has 0 fully saturated rings. The van der Waals surface area contributed by atoms with Crippen LogP contribution in [-0.2, 0) is 6.54 Å². The van der Waals surface area contributed by atoms with Gasteiger partial charge in [-0.2, -0.15) is 0 Å². The fourth-order valence-electron chi connectivity index (χ4n) is 2.81. The number of methoxy groups -OCH3 is 3. The average Bonchev–Trinajstić information content (AvgIpc) is 2.71. The Balaban J connectivity index is 1.88. The van der Waals surface area contributed by atoms with Gasteiger partial charge in [0.2, 0.25) is 0 Å². The lowest BCUT2D eigenvalue weighted by atomic mass is 10.0. The maximum Gasteiger partial charge on any atom is 0.128 e. The highest BCUT2D eigenvalue weighted by atomic mass is 16.5. The van der Waals surface area contributed by atoms with E-state index in [1.807, 2.05) is 48.5 Å². The number of nitrogens with one attached hydrogen (secondary N) is 1. The molecule has 0 atom stereocenters. The van der Waals surface area contributed by atoms with Crippen LogP contribution in [0.4, 0.5) is 11.5 Å². The van der Waals surface area contributed by atoms with Crippen molar-refractivity contribution in [1.29, 1.82) is 0 Å². The first-order chi connectivity index (χ1) is 13.1. The molecule has 3 rings (SSSR count). The van der Waals surface area contributed by atoms with Gasteiger partial charge in [-0.1, -0.05) is 6.07 Å².